The van der Waals surface area contributed by atoms with Crippen molar-refractivity contribution in [2.24, 2.45) is 23.2 Å². The number of aryl methyl sites for hydroxylation is 1. The third kappa shape index (κ3) is 5.15. The van der Waals surface area contributed by atoms with Crippen molar-refractivity contribution in [3.8, 4) is 21.0 Å². The number of carbonyl (C=O) groups is 2. The van der Waals surface area contributed by atoms with Gasteiger partial charge in [-0.2, -0.15) is 0 Å². The molecular formula is C32H36N2O3S. The van der Waals surface area contributed by atoms with Gasteiger partial charge in [0.05, 0.1) is 17.0 Å². The molecule has 7 rings (SSSR count). The Bertz CT molecular complexity index is 1280. The van der Waals surface area contributed by atoms with Crippen LogP contribution in [0.25, 0.3) is 21.0 Å². The molecule has 0 saturated heterocycles. The van der Waals surface area contributed by atoms with E-state index in [9.17, 15) is 9.59 Å². The fourth-order valence-electron chi connectivity index (χ4n) is 7.58. The van der Waals surface area contributed by atoms with Gasteiger partial charge in [0.1, 0.15) is 5.01 Å². The van der Waals surface area contributed by atoms with Crippen molar-refractivity contribution >= 4 is 23.2 Å². The van der Waals surface area contributed by atoms with Crippen molar-refractivity contribution < 1.29 is 14.3 Å². The zero-order chi connectivity index (χ0) is 26.3. The summed E-state index contributed by atoms with van der Waals surface area (Å²) in [6.45, 7) is 3.96. The highest BCUT2D eigenvalue weighted by Gasteiger charge is 2.53. The molecule has 0 radical (unpaired) electrons. The summed E-state index contributed by atoms with van der Waals surface area (Å²) in [6, 6.07) is 18.4. The van der Waals surface area contributed by atoms with Crippen LogP contribution in [-0.4, -0.2) is 29.5 Å². The van der Waals surface area contributed by atoms with E-state index >= 15 is 0 Å². The lowest BCUT2D eigenvalue weighted by Gasteiger charge is -2.59. The summed E-state index contributed by atoms with van der Waals surface area (Å²) >= 11 is 1.58. The van der Waals surface area contributed by atoms with Gasteiger partial charge in [-0.3, -0.25) is 9.59 Å². The molecule has 4 aliphatic carbocycles. The van der Waals surface area contributed by atoms with Gasteiger partial charge in [-0.1, -0.05) is 60.2 Å². The molecule has 1 heterocycles. The van der Waals surface area contributed by atoms with Gasteiger partial charge >= 0.3 is 5.97 Å². The summed E-state index contributed by atoms with van der Waals surface area (Å²) in [5.74, 6) is 1.87. The molecule has 1 atom stereocenters. The summed E-state index contributed by atoms with van der Waals surface area (Å²) in [6.07, 6.45) is 7.87. The van der Waals surface area contributed by atoms with Gasteiger partial charge in [-0.05, 0) is 81.1 Å². The quantitative estimate of drug-likeness (QED) is 0.335. The molecule has 5 nitrogen and oxygen atoms in total. The maximum atomic E-state index is 12.9. The van der Waals surface area contributed by atoms with E-state index in [1.165, 1.54) is 44.1 Å². The Hall–Kier alpha value is -2.99. The number of benzene rings is 2. The van der Waals surface area contributed by atoms with Gasteiger partial charge in [0.25, 0.3) is 5.91 Å². The molecule has 4 bridgehead atoms. The molecule has 38 heavy (non-hydrogen) atoms. The van der Waals surface area contributed by atoms with Crippen LogP contribution < -0.4 is 5.32 Å². The summed E-state index contributed by atoms with van der Waals surface area (Å²) in [7, 11) is 0. The summed E-state index contributed by atoms with van der Waals surface area (Å²) < 4.78 is 5.47. The molecule has 1 amide bonds. The zero-order valence-corrected chi connectivity index (χ0v) is 23.1. The van der Waals surface area contributed by atoms with E-state index in [0.717, 1.165) is 38.8 Å². The van der Waals surface area contributed by atoms with Crippen LogP contribution in [0.3, 0.4) is 0 Å². The van der Waals surface area contributed by atoms with Crippen LogP contribution in [0.15, 0.2) is 54.6 Å². The van der Waals surface area contributed by atoms with Crippen molar-refractivity contribution in [2.45, 2.75) is 64.8 Å². The number of nitrogens with zero attached hydrogens (tertiary/aromatic N) is 1. The summed E-state index contributed by atoms with van der Waals surface area (Å²) in [4.78, 5) is 31.5. The number of hydrogen-bond acceptors (Lipinski definition) is 5. The number of nitrogens with one attached hydrogen (secondary N) is 1. The number of esters is 1. The first-order valence-electron chi connectivity index (χ1n) is 13.9. The lowest BCUT2D eigenvalue weighted by Crippen LogP contribution is -2.56. The van der Waals surface area contributed by atoms with Crippen molar-refractivity contribution in [2.75, 3.05) is 6.61 Å². The predicted octanol–water partition coefficient (Wildman–Crippen LogP) is 6.59. The van der Waals surface area contributed by atoms with Gasteiger partial charge in [-0.15, -0.1) is 11.3 Å². The number of amides is 1. The fraction of sp³-hybridized carbons (Fsp3) is 0.469. The number of rotatable bonds is 8. The van der Waals surface area contributed by atoms with Crippen LogP contribution in [0.2, 0.25) is 0 Å². The molecule has 0 unspecified atom stereocenters. The van der Waals surface area contributed by atoms with Crippen LogP contribution in [0.5, 0.6) is 0 Å². The number of aromatic nitrogens is 1. The monoisotopic (exact) mass is 528 g/mol. The SMILES string of the molecule is Cc1ccc(-c2sc(-c3ccccc3)nc2CC(=O)OCC(=O)N[C@H](C)C23CC4CC(CC(C4)C2)C3)cc1. The Kier molecular flexibility index (Phi) is 6.85. The van der Waals surface area contributed by atoms with Gasteiger partial charge in [0.2, 0.25) is 0 Å². The maximum absolute atomic E-state index is 12.9. The van der Waals surface area contributed by atoms with Crippen LogP contribution >= 0.6 is 11.3 Å². The molecule has 0 spiro atoms. The summed E-state index contributed by atoms with van der Waals surface area (Å²) in [5.41, 5.74) is 4.14. The molecule has 0 aliphatic heterocycles. The van der Waals surface area contributed by atoms with E-state index in [1.54, 1.807) is 11.3 Å². The minimum atomic E-state index is -0.430. The molecule has 4 saturated carbocycles. The Morgan fingerprint density at radius 2 is 1.61 bits per heavy atom. The third-order valence-corrected chi connectivity index (χ3v) is 10.3. The zero-order valence-electron chi connectivity index (χ0n) is 22.2. The smallest absolute Gasteiger partial charge is 0.312 e. The number of thiazole rings is 1. The summed E-state index contributed by atoms with van der Waals surface area (Å²) in [5, 5.41) is 4.06. The second kappa shape index (κ2) is 10.3. The molecule has 1 aromatic heterocycles. The van der Waals surface area contributed by atoms with Gasteiger partial charge in [0, 0.05) is 11.6 Å². The Morgan fingerprint density at radius 3 is 2.24 bits per heavy atom. The Balaban J connectivity index is 1.10. The standard InChI is InChI=1S/C32H36N2O3S/c1-20-8-10-25(11-9-20)30-27(34-31(38-30)26-6-4-3-5-7-26)15-29(36)37-19-28(35)33-21(2)32-16-22-12-23(17-32)14-24(13-22)18-32/h3-11,21-24H,12-19H2,1-2H3,(H,33,35)/t21-,22?,23?,24?,32?/m1/s1. The van der Waals surface area contributed by atoms with E-state index in [2.05, 4.69) is 43.4 Å². The van der Waals surface area contributed by atoms with Crippen LogP contribution in [0, 0.1) is 30.1 Å². The maximum Gasteiger partial charge on any atom is 0.312 e. The molecule has 4 fully saturated rings. The highest BCUT2D eigenvalue weighted by Crippen LogP contribution is 2.61. The molecule has 6 heteroatoms. The highest BCUT2D eigenvalue weighted by molar-refractivity contribution is 7.18. The van der Waals surface area contributed by atoms with E-state index < -0.39 is 5.97 Å². The minimum absolute atomic E-state index is 0.0321. The van der Waals surface area contributed by atoms with Gasteiger partial charge in [0.15, 0.2) is 6.61 Å². The lowest BCUT2D eigenvalue weighted by molar-refractivity contribution is -0.149. The first-order valence-corrected chi connectivity index (χ1v) is 14.8. The van der Waals surface area contributed by atoms with Crippen molar-refractivity contribution in [1.82, 2.24) is 10.3 Å². The lowest BCUT2D eigenvalue weighted by atomic mass is 9.48. The largest absolute Gasteiger partial charge is 0.455 e. The third-order valence-electron chi connectivity index (χ3n) is 9.09. The van der Waals surface area contributed by atoms with E-state index in [0.29, 0.717) is 5.69 Å². The first-order chi connectivity index (χ1) is 18.4. The predicted molar refractivity (Wildman–Crippen MR) is 151 cm³/mol. The van der Waals surface area contributed by atoms with Crippen molar-refractivity contribution in [1.29, 1.82) is 0 Å². The number of ether oxygens (including phenoxy) is 1. The van der Waals surface area contributed by atoms with Gasteiger partial charge in [-0.25, -0.2) is 4.98 Å². The molecule has 3 aromatic rings. The number of hydrogen-bond donors (Lipinski definition) is 1. The second-order valence-electron chi connectivity index (χ2n) is 11.9. The van der Waals surface area contributed by atoms with E-state index in [1.807, 2.05) is 30.3 Å². The van der Waals surface area contributed by atoms with Crippen LogP contribution in [0.4, 0.5) is 0 Å². The Labute approximate surface area is 229 Å². The van der Waals surface area contributed by atoms with Crippen molar-refractivity contribution in [3.63, 3.8) is 0 Å². The minimum Gasteiger partial charge on any atom is -0.455 e. The molecule has 198 valence electrons. The van der Waals surface area contributed by atoms with Crippen LogP contribution in [0.1, 0.15) is 56.7 Å². The average molecular weight is 529 g/mol. The topological polar surface area (TPSA) is 68.3 Å². The Morgan fingerprint density at radius 1 is 0.974 bits per heavy atom. The van der Waals surface area contributed by atoms with Crippen molar-refractivity contribution in [3.05, 3.63) is 65.9 Å². The molecule has 4 aliphatic rings. The highest BCUT2D eigenvalue weighted by atomic mass is 32.1. The number of carbonyl (C=O) groups excluding carboxylic acids is 2. The molecule has 1 N–H and O–H groups in total. The van der Waals surface area contributed by atoms with E-state index in [-0.39, 0.29) is 30.4 Å². The van der Waals surface area contributed by atoms with E-state index in [4.69, 9.17) is 9.72 Å². The first kappa shape index (κ1) is 25.3. The fourth-order valence-corrected chi connectivity index (χ4v) is 8.68. The average Bonchev–Trinajstić information content (AvgIpc) is 3.31. The normalized spacial score (nSPS) is 26.2. The van der Waals surface area contributed by atoms with Gasteiger partial charge < -0.3 is 10.1 Å². The molecule has 2 aromatic carbocycles. The second-order valence-corrected chi connectivity index (χ2v) is 12.9. The molecular weight excluding hydrogens is 492 g/mol. The van der Waals surface area contributed by atoms with Crippen LogP contribution in [-0.2, 0) is 20.7 Å².